The Kier molecular flexibility index (Phi) is 8.23. The number of benzene rings is 1. The first-order valence-corrected chi connectivity index (χ1v) is 9.28. The summed E-state index contributed by atoms with van der Waals surface area (Å²) in [6.07, 6.45) is 4.15. The Morgan fingerprint density at radius 2 is 1.96 bits per heavy atom. The van der Waals surface area contributed by atoms with E-state index in [2.05, 4.69) is 10.4 Å². The number of halogens is 2. The lowest BCUT2D eigenvalue weighted by Gasteiger charge is -2.11. The highest BCUT2D eigenvalue weighted by Gasteiger charge is 2.14. The topological polar surface area (TPSA) is 56.1 Å². The van der Waals surface area contributed by atoms with Crippen LogP contribution in [0.2, 0.25) is 0 Å². The van der Waals surface area contributed by atoms with Gasteiger partial charge in [-0.05, 0) is 31.9 Å². The van der Waals surface area contributed by atoms with Crippen molar-refractivity contribution in [3.8, 4) is 5.75 Å². The molecular formula is C20H27F2N3O2. The van der Waals surface area contributed by atoms with Crippen molar-refractivity contribution in [2.75, 3.05) is 13.3 Å². The van der Waals surface area contributed by atoms with Crippen LogP contribution in [0.15, 0.2) is 24.3 Å². The molecule has 1 aromatic carbocycles. The number of amides is 1. The fraction of sp³-hybridized carbons (Fsp3) is 0.500. The van der Waals surface area contributed by atoms with Gasteiger partial charge >= 0.3 is 0 Å². The van der Waals surface area contributed by atoms with Gasteiger partial charge in [0, 0.05) is 19.2 Å². The van der Waals surface area contributed by atoms with E-state index in [0.29, 0.717) is 24.3 Å². The summed E-state index contributed by atoms with van der Waals surface area (Å²) >= 11 is 0. The molecule has 0 radical (unpaired) electrons. The van der Waals surface area contributed by atoms with Gasteiger partial charge in [-0.3, -0.25) is 13.9 Å². The Labute approximate surface area is 158 Å². The number of aromatic nitrogens is 2. The summed E-state index contributed by atoms with van der Waals surface area (Å²) in [7, 11) is 1.69. The molecular weight excluding hydrogens is 352 g/mol. The number of alkyl halides is 1. The molecule has 2 rings (SSSR count). The summed E-state index contributed by atoms with van der Waals surface area (Å²) in [5.74, 6) is -0.588. The first kappa shape index (κ1) is 20.9. The van der Waals surface area contributed by atoms with Gasteiger partial charge in [0.15, 0.2) is 11.6 Å². The van der Waals surface area contributed by atoms with Gasteiger partial charge < -0.3 is 10.1 Å². The molecule has 27 heavy (non-hydrogen) atoms. The molecule has 0 aliphatic heterocycles. The number of hydrogen-bond donors (Lipinski definition) is 1. The third-order valence-corrected chi connectivity index (χ3v) is 4.25. The molecule has 5 nitrogen and oxygen atoms in total. The lowest BCUT2D eigenvalue weighted by atomic mass is 10.1. The molecule has 1 N–H and O–H groups in total. The number of aryl methyl sites for hydroxylation is 2. The zero-order chi connectivity index (χ0) is 19.6. The van der Waals surface area contributed by atoms with E-state index in [9.17, 15) is 13.6 Å². The summed E-state index contributed by atoms with van der Waals surface area (Å²) in [6.45, 7) is 2.01. The molecule has 0 bridgehead atoms. The third kappa shape index (κ3) is 6.34. The van der Waals surface area contributed by atoms with Crippen LogP contribution in [0.5, 0.6) is 5.75 Å². The molecule has 0 aliphatic carbocycles. The second kappa shape index (κ2) is 10.6. The van der Waals surface area contributed by atoms with Crippen LogP contribution in [0.3, 0.4) is 0 Å². The summed E-state index contributed by atoms with van der Waals surface area (Å²) in [4.78, 5) is 12.2. The second-order valence-corrected chi connectivity index (χ2v) is 6.51. The SMILES string of the molecule is Cc1cc(C(=O)NCc2cccc(OCCCCCCCF)c2F)n(C)n1. The Balaban J connectivity index is 1.83. The normalized spacial score (nSPS) is 10.8. The van der Waals surface area contributed by atoms with E-state index in [-0.39, 0.29) is 24.9 Å². The molecule has 0 saturated carbocycles. The van der Waals surface area contributed by atoms with Crippen LogP contribution >= 0.6 is 0 Å². The van der Waals surface area contributed by atoms with E-state index in [0.717, 1.165) is 31.4 Å². The van der Waals surface area contributed by atoms with Gasteiger partial charge in [0.2, 0.25) is 0 Å². The van der Waals surface area contributed by atoms with Crippen molar-refractivity contribution in [3.63, 3.8) is 0 Å². The number of nitrogens with zero attached hydrogens (tertiary/aromatic N) is 2. The maximum absolute atomic E-state index is 14.5. The summed E-state index contributed by atoms with van der Waals surface area (Å²) in [6, 6.07) is 6.58. The van der Waals surface area contributed by atoms with Crippen LogP contribution in [-0.2, 0) is 13.6 Å². The van der Waals surface area contributed by atoms with Crippen LogP contribution in [0.4, 0.5) is 8.78 Å². The quantitative estimate of drug-likeness (QED) is 0.598. The molecule has 1 aromatic heterocycles. The van der Waals surface area contributed by atoms with Crippen LogP contribution in [0, 0.1) is 12.7 Å². The standard InChI is InChI=1S/C20H27F2N3O2/c1-15-13-17(25(2)24-15)20(26)23-14-16-9-8-10-18(19(16)22)27-12-7-5-3-4-6-11-21/h8-10,13H,3-7,11-12,14H2,1-2H3,(H,23,26). The van der Waals surface area contributed by atoms with Crippen LogP contribution in [0.25, 0.3) is 0 Å². The first-order valence-electron chi connectivity index (χ1n) is 9.28. The maximum atomic E-state index is 14.5. The number of nitrogens with one attached hydrogen (secondary N) is 1. The highest BCUT2D eigenvalue weighted by Crippen LogP contribution is 2.21. The van der Waals surface area contributed by atoms with Crippen molar-refractivity contribution in [2.24, 2.45) is 7.05 Å². The summed E-state index contributed by atoms with van der Waals surface area (Å²) < 4.78 is 33.6. The Hall–Kier alpha value is -2.44. The lowest BCUT2D eigenvalue weighted by Crippen LogP contribution is -2.25. The van der Waals surface area contributed by atoms with Gasteiger partial charge in [0.1, 0.15) is 5.69 Å². The van der Waals surface area contributed by atoms with E-state index < -0.39 is 5.82 Å². The number of unbranched alkanes of at least 4 members (excludes halogenated alkanes) is 4. The fourth-order valence-electron chi connectivity index (χ4n) is 2.80. The number of ether oxygens (including phenoxy) is 1. The number of carbonyl (C=O) groups is 1. The molecule has 0 saturated heterocycles. The van der Waals surface area contributed by atoms with Crippen molar-refractivity contribution in [1.29, 1.82) is 0 Å². The Morgan fingerprint density at radius 3 is 2.67 bits per heavy atom. The monoisotopic (exact) mass is 379 g/mol. The largest absolute Gasteiger partial charge is 0.491 e. The van der Waals surface area contributed by atoms with E-state index >= 15 is 0 Å². The minimum absolute atomic E-state index is 0.0648. The highest BCUT2D eigenvalue weighted by molar-refractivity contribution is 5.92. The molecule has 0 spiro atoms. The second-order valence-electron chi connectivity index (χ2n) is 6.51. The van der Waals surface area contributed by atoms with Crippen LogP contribution < -0.4 is 10.1 Å². The smallest absolute Gasteiger partial charge is 0.269 e. The molecule has 1 amide bonds. The predicted octanol–water partition coefficient (Wildman–Crippen LogP) is 4.10. The molecule has 0 unspecified atom stereocenters. The lowest BCUT2D eigenvalue weighted by molar-refractivity contribution is 0.0941. The van der Waals surface area contributed by atoms with Gasteiger partial charge in [-0.15, -0.1) is 0 Å². The van der Waals surface area contributed by atoms with Crippen LogP contribution in [-0.4, -0.2) is 29.0 Å². The number of hydrogen-bond acceptors (Lipinski definition) is 3. The third-order valence-electron chi connectivity index (χ3n) is 4.25. The van der Waals surface area contributed by atoms with Crippen LogP contribution in [0.1, 0.15) is 53.8 Å². The fourth-order valence-corrected chi connectivity index (χ4v) is 2.80. The average Bonchev–Trinajstić information content (AvgIpc) is 2.99. The van der Waals surface area contributed by atoms with Gasteiger partial charge in [0.05, 0.1) is 19.0 Å². The first-order chi connectivity index (χ1) is 13.0. The van der Waals surface area contributed by atoms with Gasteiger partial charge in [-0.1, -0.05) is 31.4 Å². The zero-order valence-corrected chi connectivity index (χ0v) is 15.9. The minimum Gasteiger partial charge on any atom is -0.491 e. The molecule has 7 heteroatoms. The van der Waals surface area contributed by atoms with E-state index in [1.165, 1.54) is 4.68 Å². The van der Waals surface area contributed by atoms with Crippen molar-refractivity contribution in [2.45, 2.75) is 45.6 Å². The Bertz CT molecular complexity index is 747. The van der Waals surface area contributed by atoms with Gasteiger partial charge in [0.25, 0.3) is 5.91 Å². The van der Waals surface area contributed by atoms with E-state index in [4.69, 9.17) is 4.74 Å². The predicted molar refractivity (Wildman–Crippen MR) is 100 cm³/mol. The van der Waals surface area contributed by atoms with Crippen molar-refractivity contribution >= 4 is 5.91 Å². The maximum Gasteiger partial charge on any atom is 0.269 e. The summed E-state index contributed by atoms with van der Waals surface area (Å²) in [5, 5.41) is 6.83. The van der Waals surface area contributed by atoms with Crippen molar-refractivity contribution in [3.05, 3.63) is 47.0 Å². The van der Waals surface area contributed by atoms with E-state index in [1.807, 2.05) is 0 Å². The van der Waals surface area contributed by atoms with E-state index in [1.54, 1.807) is 38.2 Å². The minimum atomic E-state index is -0.462. The highest BCUT2D eigenvalue weighted by atomic mass is 19.1. The van der Waals surface area contributed by atoms with Gasteiger partial charge in [-0.25, -0.2) is 4.39 Å². The molecule has 1 heterocycles. The Morgan fingerprint density at radius 1 is 1.22 bits per heavy atom. The molecule has 0 atom stereocenters. The van der Waals surface area contributed by atoms with Crippen molar-refractivity contribution < 1.29 is 18.3 Å². The average molecular weight is 379 g/mol. The molecule has 0 aliphatic rings. The summed E-state index contributed by atoms with van der Waals surface area (Å²) in [5.41, 5.74) is 1.53. The zero-order valence-electron chi connectivity index (χ0n) is 15.9. The number of rotatable bonds is 11. The molecule has 0 fully saturated rings. The number of carbonyl (C=O) groups excluding carboxylic acids is 1. The molecule has 148 valence electrons. The molecule has 2 aromatic rings. The van der Waals surface area contributed by atoms with Crippen molar-refractivity contribution in [1.82, 2.24) is 15.1 Å². The van der Waals surface area contributed by atoms with Gasteiger partial charge in [-0.2, -0.15) is 5.10 Å².